The Morgan fingerprint density at radius 3 is 2.89 bits per heavy atom. The number of imidazole rings is 1. The van der Waals surface area contributed by atoms with Crippen molar-refractivity contribution in [2.75, 3.05) is 5.32 Å². The van der Waals surface area contributed by atoms with E-state index in [0.29, 0.717) is 22.5 Å². The van der Waals surface area contributed by atoms with Crippen molar-refractivity contribution in [3.05, 3.63) is 64.7 Å². The number of nitrogens with zero attached hydrogens (tertiary/aromatic N) is 3. The van der Waals surface area contributed by atoms with Gasteiger partial charge in [-0.3, -0.25) is 14.3 Å². The van der Waals surface area contributed by atoms with Gasteiger partial charge in [0.1, 0.15) is 12.4 Å². The molecule has 1 fully saturated rings. The summed E-state index contributed by atoms with van der Waals surface area (Å²) < 4.78 is 1.54. The van der Waals surface area contributed by atoms with Crippen LogP contribution in [0, 0.1) is 0 Å². The van der Waals surface area contributed by atoms with Gasteiger partial charge in [-0.05, 0) is 43.2 Å². The first-order valence-corrected chi connectivity index (χ1v) is 9.42. The van der Waals surface area contributed by atoms with E-state index in [2.05, 4.69) is 20.4 Å². The van der Waals surface area contributed by atoms with Crippen LogP contribution in [0.25, 0.3) is 21.9 Å². The van der Waals surface area contributed by atoms with Gasteiger partial charge in [-0.2, -0.15) is 5.10 Å². The molecule has 1 aliphatic rings. The van der Waals surface area contributed by atoms with Crippen LogP contribution in [0.4, 0.5) is 5.69 Å². The number of carbonyl (C=O) groups is 1. The summed E-state index contributed by atoms with van der Waals surface area (Å²) in [5.41, 5.74) is 3.02. The lowest BCUT2D eigenvalue weighted by Crippen LogP contribution is -2.22. The molecule has 4 aromatic rings. The van der Waals surface area contributed by atoms with Gasteiger partial charge in [0.15, 0.2) is 0 Å². The molecule has 0 saturated heterocycles. The number of anilines is 1. The number of aromatic nitrogens is 4. The first-order chi connectivity index (χ1) is 13.7. The van der Waals surface area contributed by atoms with Gasteiger partial charge in [-0.15, -0.1) is 0 Å². The number of hydrogen-bond acceptors (Lipinski definition) is 4. The average molecular weight is 373 g/mol. The highest BCUT2D eigenvalue weighted by Gasteiger charge is 2.22. The number of para-hydroxylation sites is 1. The summed E-state index contributed by atoms with van der Waals surface area (Å²) in [6, 6.07) is 12.8. The van der Waals surface area contributed by atoms with Gasteiger partial charge in [0.05, 0.1) is 22.7 Å². The molecule has 0 aliphatic heterocycles. The van der Waals surface area contributed by atoms with E-state index in [0.717, 1.165) is 16.9 Å². The molecule has 2 aromatic heterocycles. The van der Waals surface area contributed by atoms with Gasteiger partial charge in [0.25, 0.3) is 0 Å². The largest absolute Gasteiger partial charge is 0.342 e. The maximum atomic E-state index is 12.5. The molecule has 2 heterocycles. The highest BCUT2D eigenvalue weighted by Crippen LogP contribution is 2.35. The smallest absolute Gasteiger partial charge is 0.246 e. The van der Waals surface area contributed by atoms with Gasteiger partial charge < -0.3 is 10.3 Å². The van der Waals surface area contributed by atoms with E-state index in [9.17, 15) is 9.59 Å². The molecule has 0 radical (unpaired) electrons. The van der Waals surface area contributed by atoms with Gasteiger partial charge in [0, 0.05) is 17.0 Å². The molecule has 2 aromatic carbocycles. The summed E-state index contributed by atoms with van der Waals surface area (Å²) in [6.07, 6.45) is 4.87. The Morgan fingerprint density at radius 1 is 1.21 bits per heavy atom. The molecule has 7 heteroatoms. The second-order valence-electron chi connectivity index (χ2n) is 7.21. The fourth-order valence-electron chi connectivity index (χ4n) is 3.61. The minimum atomic E-state index is -0.209. The summed E-state index contributed by atoms with van der Waals surface area (Å²) in [5, 5.41) is 7.56. The highest BCUT2D eigenvalue weighted by molar-refractivity contribution is 5.93. The SMILES string of the molecule is O=C(Cn1ncc(=O)c2ccccc21)Nc1ccc2nc(C3CCC3)[nH]c2c1. The Kier molecular flexibility index (Phi) is 3.93. The second-order valence-corrected chi connectivity index (χ2v) is 7.21. The molecule has 1 aliphatic carbocycles. The Labute approximate surface area is 160 Å². The van der Waals surface area contributed by atoms with Crippen LogP contribution in [0.15, 0.2) is 53.5 Å². The van der Waals surface area contributed by atoms with E-state index < -0.39 is 0 Å². The van der Waals surface area contributed by atoms with Crippen molar-refractivity contribution in [1.29, 1.82) is 0 Å². The van der Waals surface area contributed by atoms with E-state index in [-0.39, 0.29) is 17.9 Å². The quantitative estimate of drug-likeness (QED) is 0.575. The maximum absolute atomic E-state index is 12.5. The molecule has 28 heavy (non-hydrogen) atoms. The lowest BCUT2D eigenvalue weighted by atomic mass is 9.85. The van der Waals surface area contributed by atoms with Crippen molar-refractivity contribution in [1.82, 2.24) is 19.7 Å². The van der Waals surface area contributed by atoms with Crippen molar-refractivity contribution in [3.63, 3.8) is 0 Å². The zero-order valence-electron chi connectivity index (χ0n) is 15.2. The third kappa shape index (κ3) is 2.94. The summed E-state index contributed by atoms with van der Waals surface area (Å²) in [4.78, 5) is 32.5. The Hall–Kier alpha value is -3.48. The van der Waals surface area contributed by atoms with Crippen molar-refractivity contribution in [2.24, 2.45) is 0 Å². The molecule has 0 spiro atoms. The summed E-state index contributed by atoms with van der Waals surface area (Å²) >= 11 is 0. The predicted octanol–water partition coefficient (Wildman–Crippen LogP) is 3.18. The van der Waals surface area contributed by atoms with Gasteiger partial charge in [0.2, 0.25) is 11.3 Å². The van der Waals surface area contributed by atoms with E-state index in [1.807, 2.05) is 24.3 Å². The minimum absolute atomic E-state index is 0.0229. The average Bonchev–Trinajstić information content (AvgIpc) is 3.05. The number of amides is 1. The first-order valence-electron chi connectivity index (χ1n) is 9.42. The third-order valence-electron chi connectivity index (χ3n) is 5.33. The van der Waals surface area contributed by atoms with E-state index in [1.54, 1.807) is 18.2 Å². The van der Waals surface area contributed by atoms with Gasteiger partial charge in [-0.1, -0.05) is 18.6 Å². The number of nitrogens with one attached hydrogen (secondary N) is 2. The minimum Gasteiger partial charge on any atom is -0.342 e. The van der Waals surface area contributed by atoms with Crippen LogP contribution in [0.1, 0.15) is 31.0 Å². The number of H-pyrrole nitrogens is 1. The van der Waals surface area contributed by atoms with Crippen LogP contribution in [0.3, 0.4) is 0 Å². The van der Waals surface area contributed by atoms with Crippen LogP contribution in [-0.2, 0) is 11.3 Å². The number of benzene rings is 2. The third-order valence-corrected chi connectivity index (χ3v) is 5.33. The van der Waals surface area contributed by atoms with Crippen molar-refractivity contribution in [2.45, 2.75) is 31.7 Å². The standard InChI is InChI=1S/C21H19N5O2/c27-19-11-22-26(18-7-2-1-6-15(18)19)12-20(28)23-14-8-9-16-17(10-14)25-21(24-16)13-4-3-5-13/h1-2,6-11,13H,3-5,12H2,(H,23,28)(H,24,25). The molecule has 0 unspecified atom stereocenters. The predicted molar refractivity (Wildman–Crippen MR) is 107 cm³/mol. The van der Waals surface area contributed by atoms with Gasteiger partial charge in [-0.25, -0.2) is 4.98 Å². The fraction of sp³-hybridized carbons (Fsp3) is 0.238. The number of hydrogen-bond donors (Lipinski definition) is 2. The van der Waals surface area contributed by atoms with Crippen LogP contribution < -0.4 is 10.7 Å². The van der Waals surface area contributed by atoms with Crippen molar-refractivity contribution >= 4 is 33.5 Å². The van der Waals surface area contributed by atoms with Crippen LogP contribution in [0.2, 0.25) is 0 Å². The Morgan fingerprint density at radius 2 is 2.07 bits per heavy atom. The molecular formula is C21H19N5O2. The maximum Gasteiger partial charge on any atom is 0.246 e. The Bertz CT molecular complexity index is 1250. The molecule has 1 saturated carbocycles. The summed E-state index contributed by atoms with van der Waals surface area (Å²) in [7, 11) is 0. The van der Waals surface area contributed by atoms with E-state index in [1.165, 1.54) is 30.1 Å². The topological polar surface area (TPSA) is 92.7 Å². The Balaban J connectivity index is 1.37. The number of aromatic amines is 1. The summed E-state index contributed by atoms with van der Waals surface area (Å²) in [5.74, 6) is 1.36. The fourth-order valence-corrected chi connectivity index (χ4v) is 3.61. The zero-order chi connectivity index (χ0) is 19.1. The van der Waals surface area contributed by atoms with Crippen molar-refractivity contribution < 1.29 is 4.79 Å². The van der Waals surface area contributed by atoms with Crippen LogP contribution in [0.5, 0.6) is 0 Å². The summed E-state index contributed by atoms with van der Waals surface area (Å²) in [6.45, 7) is 0.0229. The monoisotopic (exact) mass is 373 g/mol. The molecule has 0 bridgehead atoms. The molecule has 7 nitrogen and oxygen atoms in total. The van der Waals surface area contributed by atoms with Crippen LogP contribution in [-0.4, -0.2) is 25.7 Å². The lowest BCUT2D eigenvalue weighted by Gasteiger charge is -2.22. The molecular weight excluding hydrogens is 354 g/mol. The molecule has 0 atom stereocenters. The van der Waals surface area contributed by atoms with Crippen LogP contribution >= 0.6 is 0 Å². The molecule has 1 amide bonds. The first kappa shape index (κ1) is 16.7. The highest BCUT2D eigenvalue weighted by atomic mass is 16.2. The lowest BCUT2D eigenvalue weighted by molar-refractivity contribution is -0.116. The normalized spacial score (nSPS) is 14.3. The van der Waals surface area contributed by atoms with E-state index >= 15 is 0 Å². The molecule has 140 valence electrons. The molecule has 2 N–H and O–H groups in total. The van der Waals surface area contributed by atoms with Gasteiger partial charge >= 0.3 is 0 Å². The zero-order valence-corrected chi connectivity index (χ0v) is 15.2. The number of fused-ring (bicyclic) bond motifs is 2. The molecule has 5 rings (SSSR count). The van der Waals surface area contributed by atoms with Crippen molar-refractivity contribution in [3.8, 4) is 0 Å². The second kappa shape index (κ2) is 6.60. The number of rotatable bonds is 4. The van der Waals surface area contributed by atoms with E-state index in [4.69, 9.17) is 0 Å². The number of carbonyl (C=O) groups excluding carboxylic acids is 1.